The van der Waals surface area contributed by atoms with Gasteiger partial charge in [0, 0.05) is 12.1 Å². The topological polar surface area (TPSA) is 52.0 Å². The molecule has 0 aromatic heterocycles. The molecule has 1 fully saturated rings. The van der Waals surface area contributed by atoms with E-state index < -0.39 is 0 Å². The van der Waals surface area contributed by atoms with Gasteiger partial charge in [-0.1, -0.05) is 29.8 Å². The SMILES string of the molecule is Cc1ccc(C(N)C2CCC(N)CC2)cc1. The summed E-state index contributed by atoms with van der Waals surface area (Å²) in [6, 6.07) is 9.20. The summed E-state index contributed by atoms with van der Waals surface area (Å²) < 4.78 is 0. The quantitative estimate of drug-likeness (QED) is 0.801. The second kappa shape index (κ2) is 4.98. The zero-order chi connectivity index (χ0) is 11.5. The van der Waals surface area contributed by atoms with Crippen molar-refractivity contribution in [1.82, 2.24) is 0 Å². The summed E-state index contributed by atoms with van der Waals surface area (Å²) >= 11 is 0. The van der Waals surface area contributed by atoms with E-state index in [0.29, 0.717) is 12.0 Å². The number of hydrogen-bond donors (Lipinski definition) is 2. The van der Waals surface area contributed by atoms with Crippen LogP contribution in [0.1, 0.15) is 42.9 Å². The van der Waals surface area contributed by atoms with Crippen LogP contribution in [0.25, 0.3) is 0 Å². The second-order valence-corrected chi connectivity index (χ2v) is 5.11. The van der Waals surface area contributed by atoms with E-state index in [2.05, 4.69) is 31.2 Å². The van der Waals surface area contributed by atoms with Crippen LogP contribution in [0.4, 0.5) is 0 Å². The number of benzene rings is 1. The Labute approximate surface area is 98.0 Å². The van der Waals surface area contributed by atoms with Crippen molar-refractivity contribution in [1.29, 1.82) is 0 Å². The molecule has 0 radical (unpaired) electrons. The predicted molar refractivity (Wildman–Crippen MR) is 68.0 cm³/mol. The summed E-state index contributed by atoms with van der Waals surface area (Å²) in [6.45, 7) is 2.11. The molecule has 0 aliphatic heterocycles. The molecule has 0 heterocycles. The molecule has 16 heavy (non-hydrogen) atoms. The average molecular weight is 218 g/mol. The second-order valence-electron chi connectivity index (χ2n) is 5.11. The van der Waals surface area contributed by atoms with Crippen LogP contribution in [-0.4, -0.2) is 6.04 Å². The third-order valence-electron chi connectivity index (χ3n) is 3.79. The van der Waals surface area contributed by atoms with Crippen molar-refractivity contribution < 1.29 is 0 Å². The molecule has 1 aromatic carbocycles. The first kappa shape index (κ1) is 11.6. The summed E-state index contributed by atoms with van der Waals surface area (Å²) in [5.41, 5.74) is 14.8. The first-order chi connectivity index (χ1) is 7.66. The molecular formula is C14H22N2. The Morgan fingerprint density at radius 2 is 1.62 bits per heavy atom. The van der Waals surface area contributed by atoms with Crippen LogP contribution in [0, 0.1) is 12.8 Å². The fourth-order valence-electron chi connectivity index (χ4n) is 2.56. The zero-order valence-corrected chi connectivity index (χ0v) is 10.0. The van der Waals surface area contributed by atoms with E-state index >= 15 is 0 Å². The first-order valence-corrected chi connectivity index (χ1v) is 6.24. The Morgan fingerprint density at radius 3 is 2.19 bits per heavy atom. The van der Waals surface area contributed by atoms with Crippen LogP contribution >= 0.6 is 0 Å². The van der Waals surface area contributed by atoms with E-state index in [1.807, 2.05) is 0 Å². The Bertz CT molecular complexity index is 323. The highest BCUT2D eigenvalue weighted by Gasteiger charge is 2.24. The van der Waals surface area contributed by atoms with Crippen LogP contribution in [0.2, 0.25) is 0 Å². The summed E-state index contributed by atoms with van der Waals surface area (Å²) in [4.78, 5) is 0. The number of rotatable bonds is 2. The third-order valence-corrected chi connectivity index (χ3v) is 3.79. The van der Waals surface area contributed by atoms with Gasteiger partial charge in [-0.25, -0.2) is 0 Å². The molecule has 4 N–H and O–H groups in total. The molecule has 1 atom stereocenters. The molecule has 0 spiro atoms. The molecule has 88 valence electrons. The minimum Gasteiger partial charge on any atom is -0.328 e. The fraction of sp³-hybridized carbons (Fsp3) is 0.571. The third kappa shape index (κ3) is 2.63. The highest BCUT2D eigenvalue weighted by Crippen LogP contribution is 2.32. The van der Waals surface area contributed by atoms with E-state index in [1.54, 1.807) is 0 Å². The summed E-state index contributed by atoms with van der Waals surface area (Å²) in [7, 11) is 0. The molecule has 0 bridgehead atoms. The molecule has 1 unspecified atom stereocenters. The minimum absolute atomic E-state index is 0.188. The lowest BCUT2D eigenvalue weighted by molar-refractivity contribution is 0.285. The van der Waals surface area contributed by atoms with E-state index in [4.69, 9.17) is 11.5 Å². The van der Waals surface area contributed by atoms with E-state index in [1.165, 1.54) is 24.0 Å². The largest absolute Gasteiger partial charge is 0.328 e. The van der Waals surface area contributed by atoms with Gasteiger partial charge in [0.1, 0.15) is 0 Å². The Kier molecular flexibility index (Phi) is 3.62. The molecule has 2 nitrogen and oxygen atoms in total. The smallest absolute Gasteiger partial charge is 0.0323 e. The predicted octanol–water partition coefficient (Wildman–Crippen LogP) is 2.51. The number of nitrogens with two attached hydrogens (primary N) is 2. The lowest BCUT2D eigenvalue weighted by Crippen LogP contribution is -2.31. The summed E-state index contributed by atoms with van der Waals surface area (Å²) in [6.07, 6.45) is 4.61. The molecule has 1 aromatic rings. The van der Waals surface area contributed by atoms with Crippen molar-refractivity contribution in [2.75, 3.05) is 0 Å². The van der Waals surface area contributed by atoms with Gasteiger partial charge < -0.3 is 11.5 Å². The van der Waals surface area contributed by atoms with Gasteiger partial charge in [0.2, 0.25) is 0 Å². The summed E-state index contributed by atoms with van der Waals surface area (Å²) in [5.74, 6) is 0.613. The van der Waals surface area contributed by atoms with Crippen LogP contribution in [0.15, 0.2) is 24.3 Å². The van der Waals surface area contributed by atoms with Gasteiger partial charge >= 0.3 is 0 Å². The van der Waals surface area contributed by atoms with Crippen LogP contribution in [0.5, 0.6) is 0 Å². The fourth-order valence-corrected chi connectivity index (χ4v) is 2.56. The van der Waals surface area contributed by atoms with Gasteiger partial charge in [-0.3, -0.25) is 0 Å². The van der Waals surface area contributed by atoms with Gasteiger partial charge in [-0.05, 0) is 44.1 Å². The summed E-state index contributed by atoms with van der Waals surface area (Å²) in [5, 5.41) is 0. The van der Waals surface area contributed by atoms with Crippen LogP contribution in [-0.2, 0) is 0 Å². The van der Waals surface area contributed by atoms with Gasteiger partial charge in [0.05, 0.1) is 0 Å². The maximum atomic E-state index is 6.32. The molecule has 0 amide bonds. The van der Waals surface area contributed by atoms with Crippen molar-refractivity contribution in [2.24, 2.45) is 17.4 Å². The number of aryl methyl sites for hydroxylation is 1. The van der Waals surface area contributed by atoms with Gasteiger partial charge in [0.25, 0.3) is 0 Å². The molecule has 1 aliphatic rings. The van der Waals surface area contributed by atoms with Crippen molar-refractivity contribution in [3.63, 3.8) is 0 Å². The minimum atomic E-state index is 0.188. The Balaban J connectivity index is 2.01. The normalized spacial score (nSPS) is 27.7. The van der Waals surface area contributed by atoms with Crippen molar-refractivity contribution in [3.05, 3.63) is 35.4 Å². The van der Waals surface area contributed by atoms with Gasteiger partial charge in [-0.2, -0.15) is 0 Å². The molecule has 2 heteroatoms. The average Bonchev–Trinajstić information content (AvgIpc) is 2.30. The van der Waals surface area contributed by atoms with Gasteiger partial charge in [-0.15, -0.1) is 0 Å². The standard InChI is InChI=1S/C14H22N2/c1-10-2-4-11(5-3-10)14(16)12-6-8-13(15)9-7-12/h2-5,12-14H,6-9,15-16H2,1H3. The molecular weight excluding hydrogens is 196 g/mol. The Morgan fingerprint density at radius 1 is 1.06 bits per heavy atom. The lowest BCUT2D eigenvalue weighted by Gasteiger charge is -2.30. The highest BCUT2D eigenvalue weighted by atomic mass is 14.7. The Hall–Kier alpha value is -0.860. The first-order valence-electron chi connectivity index (χ1n) is 6.24. The van der Waals surface area contributed by atoms with Crippen molar-refractivity contribution in [3.8, 4) is 0 Å². The number of hydrogen-bond acceptors (Lipinski definition) is 2. The van der Waals surface area contributed by atoms with E-state index in [-0.39, 0.29) is 6.04 Å². The van der Waals surface area contributed by atoms with Crippen molar-refractivity contribution >= 4 is 0 Å². The molecule has 2 rings (SSSR count). The highest BCUT2D eigenvalue weighted by molar-refractivity contribution is 5.24. The van der Waals surface area contributed by atoms with E-state index in [9.17, 15) is 0 Å². The molecule has 1 saturated carbocycles. The maximum Gasteiger partial charge on any atom is 0.0323 e. The van der Waals surface area contributed by atoms with Gasteiger partial charge in [0.15, 0.2) is 0 Å². The lowest BCUT2D eigenvalue weighted by atomic mass is 9.80. The molecule has 0 saturated heterocycles. The molecule has 1 aliphatic carbocycles. The maximum absolute atomic E-state index is 6.32. The van der Waals surface area contributed by atoms with E-state index in [0.717, 1.165) is 12.8 Å². The zero-order valence-electron chi connectivity index (χ0n) is 10.0. The van der Waals surface area contributed by atoms with Crippen molar-refractivity contribution in [2.45, 2.75) is 44.7 Å². The monoisotopic (exact) mass is 218 g/mol. The van der Waals surface area contributed by atoms with Crippen LogP contribution in [0.3, 0.4) is 0 Å². The van der Waals surface area contributed by atoms with Crippen LogP contribution < -0.4 is 11.5 Å².